The van der Waals surface area contributed by atoms with Gasteiger partial charge in [-0.2, -0.15) is 0 Å². The standard InChI is InChI=1S/C20H24N2O3.C10H14N2O.C10H13NO2.C10H12O3.C4H7BrO2/c1-4-17(16-10-11-18(23)13(2)20(16)25)21-12-19(24)14(3)22-15-8-6-5-7-9-15;1-8(10(13)7-11)12-9-5-3-2-4-6-9;1-8(10(13)7-12)11-9-5-3-2-4-6-9;1-3-8(11)7-4-5-9(12)6(2)10(7)13;1-3(5)4(7)2-6/h5-11,14,22-23,25H,4,12H2,1-3H3;2-6,8,12H,7,11H2,1H3;2-6,8,11-12H,7H2,1H3;4-5,12-13H,3H2,1-2H3;3,6H,2H2,1H3. The van der Waals surface area contributed by atoms with Crippen molar-refractivity contribution in [3.8, 4) is 23.0 Å². The molecule has 0 amide bonds. The van der Waals surface area contributed by atoms with Crippen molar-refractivity contribution >= 4 is 67.6 Å². The number of nitrogens with two attached hydrogens (primary N) is 1. The number of phenols is 4. The van der Waals surface area contributed by atoms with Crippen LogP contribution in [0.2, 0.25) is 0 Å². The van der Waals surface area contributed by atoms with Crippen molar-refractivity contribution in [2.45, 2.75) is 91.2 Å². The summed E-state index contributed by atoms with van der Waals surface area (Å²) >= 11 is 2.99. The first kappa shape index (κ1) is 62.1. The molecule has 5 aromatic rings. The molecule has 16 nitrogen and oxygen atoms in total. The van der Waals surface area contributed by atoms with Crippen LogP contribution in [0.5, 0.6) is 23.0 Å². The molecule has 5 rings (SSSR count). The predicted octanol–water partition coefficient (Wildman–Crippen LogP) is 8.07. The molecule has 5 aromatic carbocycles. The molecule has 0 radical (unpaired) electrons. The van der Waals surface area contributed by atoms with Gasteiger partial charge in [-0.15, -0.1) is 0 Å². The highest BCUT2D eigenvalue weighted by Crippen LogP contribution is 2.31. The Morgan fingerprint density at radius 2 is 0.901 bits per heavy atom. The third kappa shape index (κ3) is 22.6. The number of ketones is 5. The van der Waals surface area contributed by atoms with Crippen LogP contribution in [0.1, 0.15) is 81.4 Å². The number of aliphatic hydroxyl groups excluding tert-OH is 2. The van der Waals surface area contributed by atoms with Gasteiger partial charge in [-0.05, 0) is 109 Å². The first-order valence-corrected chi connectivity index (χ1v) is 23.8. The second kappa shape index (κ2) is 33.6. The Bertz CT molecular complexity index is 2400. The van der Waals surface area contributed by atoms with Crippen LogP contribution in [0.4, 0.5) is 17.1 Å². The summed E-state index contributed by atoms with van der Waals surface area (Å²) in [7, 11) is 0. The molecule has 0 aromatic heterocycles. The zero-order chi connectivity index (χ0) is 53.6. The maximum Gasteiger partial charge on any atom is 0.179 e. The summed E-state index contributed by atoms with van der Waals surface area (Å²) in [6.45, 7) is 13.2. The number of aliphatic imine (C=N–C) groups is 1. The minimum Gasteiger partial charge on any atom is -0.508 e. The normalized spacial score (nSPS) is 12.1. The van der Waals surface area contributed by atoms with E-state index in [0.717, 1.165) is 17.1 Å². The predicted molar refractivity (Wildman–Crippen MR) is 286 cm³/mol. The Labute approximate surface area is 425 Å². The van der Waals surface area contributed by atoms with E-state index in [1.807, 2.05) is 105 Å². The van der Waals surface area contributed by atoms with Crippen LogP contribution in [-0.4, -0.2) is 115 Å². The molecule has 0 saturated heterocycles. The largest absolute Gasteiger partial charge is 0.508 e. The van der Waals surface area contributed by atoms with Gasteiger partial charge in [-0.25, -0.2) is 0 Å². The topological polar surface area (TPSA) is 281 Å². The fourth-order valence-electron chi connectivity index (χ4n) is 5.76. The number of alkyl halides is 1. The van der Waals surface area contributed by atoms with Gasteiger partial charge in [0.15, 0.2) is 28.9 Å². The van der Waals surface area contributed by atoms with Crippen LogP contribution >= 0.6 is 15.9 Å². The van der Waals surface area contributed by atoms with Gasteiger partial charge in [0.05, 0.1) is 41.6 Å². The van der Waals surface area contributed by atoms with Crippen molar-refractivity contribution < 1.29 is 54.6 Å². The Morgan fingerprint density at radius 3 is 1.24 bits per heavy atom. The van der Waals surface area contributed by atoms with E-state index in [4.69, 9.17) is 15.9 Å². The van der Waals surface area contributed by atoms with Crippen molar-refractivity contribution in [1.29, 1.82) is 0 Å². The molecule has 384 valence electrons. The van der Waals surface area contributed by atoms with Crippen molar-refractivity contribution in [1.82, 2.24) is 0 Å². The summed E-state index contributed by atoms with van der Waals surface area (Å²) in [4.78, 5) is 60.1. The molecule has 0 heterocycles. The van der Waals surface area contributed by atoms with Crippen LogP contribution < -0.4 is 21.7 Å². The zero-order valence-corrected chi connectivity index (χ0v) is 43.2. The molecular weight excluding hydrogens is 975 g/mol. The first-order chi connectivity index (χ1) is 33.7. The second-order valence-corrected chi connectivity index (χ2v) is 17.2. The lowest BCUT2D eigenvalue weighted by Gasteiger charge is -2.14. The zero-order valence-electron chi connectivity index (χ0n) is 41.6. The number of Topliss-reactive ketones (excluding diaryl/α,β-unsaturated/α-hetero) is 5. The number of aromatic hydroxyl groups is 4. The lowest BCUT2D eigenvalue weighted by atomic mass is 10.0. The van der Waals surface area contributed by atoms with Gasteiger partial charge in [0, 0.05) is 45.9 Å². The lowest BCUT2D eigenvalue weighted by molar-refractivity contribution is -0.122. The van der Waals surface area contributed by atoms with Gasteiger partial charge in [-0.3, -0.25) is 29.0 Å². The Hall–Kier alpha value is -6.92. The number of halogens is 1. The van der Waals surface area contributed by atoms with E-state index in [-0.39, 0.29) is 100 Å². The molecule has 0 aliphatic heterocycles. The van der Waals surface area contributed by atoms with Crippen molar-refractivity contribution in [2.75, 3.05) is 42.3 Å². The quantitative estimate of drug-likeness (QED) is 0.0213. The molecule has 11 N–H and O–H groups in total. The Balaban J connectivity index is 0.000000473. The fourth-order valence-corrected chi connectivity index (χ4v) is 5.90. The molecule has 17 heteroatoms. The highest BCUT2D eigenvalue weighted by atomic mass is 79.9. The highest BCUT2D eigenvalue weighted by molar-refractivity contribution is 9.10. The van der Waals surface area contributed by atoms with Gasteiger partial charge in [0.2, 0.25) is 0 Å². The minimum atomic E-state index is -0.416. The fraction of sp³-hybridized carbons (Fsp3) is 0.333. The van der Waals surface area contributed by atoms with Gasteiger partial charge in [0.1, 0.15) is 36.2 Å². The van der Waals surface area contributed by atoms with E-state index in [2.05, 4.69) is 36.9 Å². The van der Waals surface area contributed by atoms with Crippen molar-refractivity contribution in [2.24, 2.45) is 10.7 Å². The number of aliphatic hydroxyl groups is 2. The smallest absolute Gasteiger partial charge is 0.179 e. The summed E-state index contributed by atoms with van der Waals surface area (Å²) in [5.41, 5.74) is 10.2. The number of hydrogen-bond acceptors (Lipinski definition) is 16. The highest BCUT2D eigenvalue weighted by Gasteiger charge is 2.17. The summed E-state index contributed by atoms with van der Waals surface area (Å²) < 4.78 is 0. The van der Waals surface area contributed by atoms with Crippen LogP contribution in [-0.2, 0) is 19.2 Å². The molecule has 0 saturated carbocycles. The molecule has 4 unspecified atom stereocenters. The first-order valence-electron chi connectivity index (χ1n) is 22.9. The number of carbonyl (C=O) groups excluding carboxylic acids is 5. The molecule has 71 heavy (non-hydrogen) atoms. The summed E-state index contributed by atoms with van der Waals surface area (Å²) in [6, 6.07) is 33.7. The van der Waals surface area contributed by atoms with Crippen LogP contribution in [0.25, 0.3) is 0 Å². The number of hydrogen-bond donors (Lipinski definition) is 10. The van der Waals surface area contributed by atoms with E-state index in [0.29, 0.717) is 35.2 Å². The van der Waals surface area contributed by atoms with E-state index < -0.39 is 6.61 Å². The number of nitrogens with zero attached hydrogens (tertiary/aromatic N) is 1. The number of nitrogens with one attached hydrogen (secondary N) is 3. The van der Waals surface area contributed by atoms with E-state index in [1.165, 1.54) is 18.2 Å². The Kier molecular flexibility index (Phi) is 29.4. The molecule has 0 bridgehead atoms. The Morgan fingerprint density at radius 1 is 0.535 bits per heavy atom. The van der Waals surface area contributed by atoms with E-state index >= 15 is 0 Å². The maximum atomic E-state index is 12.3. The number of para-hydroxylation sites is 3. The number of carbonyl (C=O) groups is 5. The molecule has 0 spiro atoms. The van der Waals surface area contributed by atoms with Crippen molar-refractivity contribution in [3.05, 3.63) is 138 Å². The molecule has 0 fully saturated rings. The van der Waals surface area contributed by atoms with Crippen molar-refractivity contribution in [3.63, 3.8) is 0 Å². The summed E-state index contributed by atoms with van der Waals surface area (Å²) in [6.07, 6.45) is 0.920. The minimum absolute atomic E-state index is 0.00325. The number of anilines is 3. The number of benzene rings is 5. The van der Waals surface area contributed by atoms with Crippen LogP contribution in [0.3, 0.4) is 0 Å². The maximum absolute atomic E-state index is 12.3. The number of phenolic OH excluding ortho intramolecular Hbond substituents is 4. The molecule has 4 atom stereocenters. The SMILES string of the molecule is CC(Br)C(=O)CO.CC(Nc1ccccc1)C(=O)CN.CC(Nc1ccccc1)C(=O)CO.CCC(=NCC(=O)C(C)Nc1ccccc1)c1ccc(O)c(C)c1O.CCC(=O)c1ccc(O)c(C)c1O. The van der Waals surface area contributed by atoms with Gasteiger partial charge >= 0.3 is 0 Å². The summed E-state index contributed by atoms with van der Waals surface area (Å²) in [5.74, 6) is -0.605. The average Bonchev–Trinajstić information content (AvgIpc) is 3.38. The second-order valence-electron chi connectivity index (χ2n) is 15.8. The summed E-state index contributed by atoms with van der Waals surface area (Å²) in [5, 5.41) is 64.5. The van der Waals surface area contributed by atoms with E-state index in [1.54, 1.807) is 47.6 Å². The molecule has 0 aliphatic carbocycles. The third-order valence-electron chi connectivity index (χ3n) is 10.4. The monoisotopic (exact) mass is 1040 g/mol. The van der Waals surface area contributed by atoms with Gasteiger partial charge < -0.3 is 52.3 Å². The molecular formula is C54H70BrN5O11. The van der Waals surface area contributed by atoms with Gasteiger partial charge in [0.25, 0.3) is 0 Å². The van der Waals surface area contributed by atoms with Crippen LogP contribution in [0.15, 0.2) is 120 Å². The number of rotatable bonds is 19. The van der Waals surface area contributed by atoms with Crippen LogP contribution in [0, 0.1) is 13.8 Å². The van der Waals surface area contributed by atoms with Gasteiger partial charge in [-0.1, -0.05) is 84.4 Å². The molecule has 0 aliphatic rings. The lowest BCUT2D eigenvalue weighted by Crippen LogP contribution is -2.31. The average molecular weight is 1050 g/mol. The van der Waals surface area contributed by atoms with E-state index in [9.17, 15) is 44.4 Å². The third-order valence-corrected chi connectivity index (χ3v) is 10.9.